The number of hydrogen-bond acceptors (Lipinski definition) is 5. The minimum absolute atomic E-state index is 0.0113. The Morgan fingerprint density at radius 3 is 2.59 bits per heavy atom. The summed E-state index contributed by atoms with van der Waals surface area (Å²) in [4.78, 5) is 41.7. The third-order valence-electron chi connectivity index (χ3n) is 5.10. The van der Waals surface area contributed by atoms with Crippen LogP contribution in [0.3, 0.4) is 0 Å². The predicted molar refractivity (Wildman–Crippen MR) is 106 cm³/mol. The van der Waals surface area contributed by atoms with Crippen LogP contribution in [0.5, 0.6) is 0 Å². The van der Waals surface area contributed by atoms with Crippen molar-refractivity contribution >= 4 is 28.8 Å². The molecule has 1 N–H and O–H groups in total. The Kier molecular flexibility index (Phi) is 6.08. The van der Waals surface area contributed by atoms with E-state index in [9.17, 15) is 14.4 Å². The van der Waals surface area contributed by atoms with Crippen molar-refractivity contribution in [2.24, 2.45) is 14.1 Å². The summed E-state index contributed by atoms with van der Waals surface area (Å²) in [6.07, 6.45) is 6.29. The van der Waals surface area contributed by atoms with Gasteiger partial charge in [-0.05, 0) is 19.3 Å². The average Bonchev–Trinajstić information content (AvgIpc) is 3.28. The SMILES string of the molecule is CCCCn1c(SCC(=O)NC2CCCC2)nc2c1c(=O)n(C)c(=O)n2C. The number of rotatable bonds is 7. The van der Waals surface area contributed by atoms with Crippen molar-refractivity contribution in [1.29, 1.82) is 0 Å². The second-order valence-electron chi connectivity index (χ2n) is 7.12. The molecule has 1 aliphatic carbocycles. The van der Waals surface area contributed by atoms with Crippen LogP contribution in [0.4, 0.5) is 0 Å². The fraction of sp³-hybridized carbons (Fsp3) is 0.667. The maximum Gasteiger partial charge on any atom is 0.332 e. The molecule has 1 amide bonds. The smallest absolute Gasteiger partial charge is 0.332 e. The normalized spacial score (nSPS) is 14.9. The van der Waals surface area contributed by atoms with Gasteiger partial charge in [0.25, 0.3) is 5.56 Å². The first-order chi connectivity index (χ1) is 12.9. The number of aryl methyl sites for hydroxylation is 2. The highest BCUT2D eigenvalue weighted by molar-refractivity contribution is 7.99. The number of aromatic nitrogens is 4. The first-order valence-electron chi connectivity index (χ1n) is 9.52. The van der Waals surface area contributed by atoms with Gasteiger partial charge in [0, 0.05) is 26.7 Å². The van der Waals surface area contributed by atoms with Crippen LogP contribution < -0.4 is 16.6 Å². The fourth-order valence-electron chi connectivity index (χ4n) is 3.53. The van der Waals surface area contributed by atoms with E-state index in [0.717, 1.165) is 30.3 Å². The Balaban J connectivity index is 1.90. The lowest BCUT2D eigenvalue weighted by Crippen LogP contribution is -2.37. The Bertz CT molecular complexity index is 953. The molecule has 1 saturated carbocycles. The number of fused-ring (bicyclic) bond motifs is 1. The van der Waals surface area contributed by atoms with E-state index in [1.54, 1.807) is 7.05 Å². The number of carbonyl (C=O) groups excluding carboxylic acids is 1. The molecule has 3 rings (SSSR count). The zero-order valence-corrected chi connectivity index (χ0v) is 17.0. The molecule has 0 spiro atoms. The van der Waals surface area contributed by atoms with E-state index >= 15 is 0 Å². The maximum absolute atomic E-state index is 12.7. The first kappa shape index (κ1) is 19.7. The lowest BCUT2D eigenvalue weighted by molar-refractivity contribution is -0.119. The largest absolute Gasteiger partial charge is 0.353 e. The average molecular weight is 394 g/mol. The van der Waals surface area contributed by atoms with Gasteiger partial charge in [0.15, 0.2) is 16.3 Å². The van der Waals surface area contributed by atoms with Gasteiger partial charge in [-0.3, -0.25) is 18.7 Å². The molecule has 0 unspecified atom stereocenters. The van der Waals surface area contributed by atoms with E-state index in [0.29, 0.717) is 22.9 Å². The van der Waals surface area contributed by atoms with Crippen LogP contribution >= 0.6 is 11.8 Å². The van der Waals surface area contributed by atoms with Crippen molar-refractivity contribution in [3.63, 3.8) is 0 Å². The second kappa shape index (κ2) is 8.33. The number of hydrogen-bond donors (Lipinski definition) is 1. The highest BCUT2D eigenvalue weighted by Gasteiger charge is 2.21. The van der Waals surface area contributed by atoms with Crippen LogP contribution in [-0.2, 0) is 25.4 Å². The molecule has 1 fully saturated rings. The van der Waals surface area contributed by atoms with Gasteiger partial charge >= 0.3 is 5.69 Å². The third kappa shape index (κ3) is 3.97. The summed E-state index contributed by atoms with van der Waals surface area (Å²) in [5.41, 5.74) is 0.0479. The van der Waals surface area contributed by atoms with E-state index in [4.69, 9.17) is 0 Å². The quantitative estimate of drug-likeness (QED) is 0.718. The van der Waals surface area contributed by atoms with Gasteiger partial charge in [-0.1, -0.05) is 37.9 Å². The molecule has 2 heterocycles. The van der Waals surface area contributed by atoms with Crippen molar-refractivity contribution in [2.75, 3.05) is 5.75 Å². The molecule has 0 saturated heterocycles. The monoisotopic (exact) mass is 393 g/mol. The Morgan fingerprint density at radius 1 is 1.22 bits per heavy atom. The molecule has 2 aromatic rings. The van der Waals surface area contributed by atoms with Crippen LogP contribution in [0.25, 0.3) is 11.2 Å². The van der Waals surface area contributed by atoms with E-state index < -0.39 is 5.69 Å². The van der Waals surface area contributed by atoms with Gasteiger partial charge in [0.1, 0.15) is 0 Å². The zero-order valence-electron chi connectivity index (χ0n) is 16.2. The molecule has 0 aliphatic heterocycles. The molecule has 8 nitrogen and oxygen atoms in total. The summed E-state index contributed by atoms with van der Waals surface area (Å²) in [6.45, 7) is 2.71. The standard InChI is InChI=1S/C18H27N5O3S/c1-4-5-10-23-14-15(21(2)18(26)22(3)16(14)25)20-17(23)27-11-13(24)19-12-8-6-7-9-12/h12H,4-11H2,1-3H3,(H,19,24). The van der Waals surface area contributed by atoms with Crippen molar-refractivity contribution in [1.82, 2.24) is 24.0 Å². The Morgan fingerprint density at radius 2 is 1.93 bits per heavy atom. The Hall–Kier alpha value is -2.03. The molecule has 1 aliphatic rings. The Labute approximate surface area is 162 Å². The van der Waals surface area contributed by atoms with Crippen LogP contribution in [0.1, 0.15) is 45.4 Å². The second-order valence-corrected chi connectivity index (χ2v) is 8.06. The van der Waals surface area contributed by atoms with E-state index in [2.05, 4.69) is 17.2 Å². The topological polar surface area (TPSA) is 90.9 Å². The van der Waals surface area contributed by atoms with Crippen LogP contribution in [0.15, 0.2) is 14.7 Å². The highest BCUT2D eigenvalue weighted by atomic mass is 32.2. The molecule has 9 heteroatoms. The molecule has 0 radical (unpaired) electrons. The van der Waals surface area contributed by atoms with Crippen LogP contribution in [-0.4, -0.2) is 36.4 Å². The maximum atomic E-state index is 12.7. The summed E-state index contributed by atoms with van der Waals surface area (Å²) in [6, 6.07) is 0.283. The van der Waals surface area contributed by atoms with Gasteiger partial charge in [0.2, 0.25) is 5.91 Å². The molecular formula is C18H27N5O3S. The summed E-state index contributed by atoms with van der Waals surface area (Å²) in [5, 5.41) is 3.68. The number of amides is 1. The van der Waals surface area contributed by atoms with Crippen molar-refractivity contribution in [2.45, 2.75) is 63.2 Å². The minimum Gasteiger partial charge on any atom is -0.353 e. The first-order valence-corrected chi connectivity index (χ1v) is 10.5. The fourth-order valence-corrected chi connectivity index (χ4v) is 4.36. The van der Waals surface area contributed by atoms with Gasteiger partial charge in [-0.2, -0.15) is 0 Å². The third-order valence-corrected chi connectivity index (χ3v) is 6.08. The lowest BCUT2D eigenvalue weighted by Gasteiger charge is -2.12. The number of nitrogens with one attached hydrogen (secondary N) is 1. The number of imidazole rings is 1. The number of thioether (sulfide) groups is 1. The van der Waals surface area contributed by atoms with Gasteiger partial charge in [0.05, 0.1) is 5.75 Å². The van der Waals surface area contributed by atoms with Crippen molar-refractivity contribution in [3.8, 4) is 0 Å². The van der Waals surface area contributed by atoms with Gasteiger partial charge in [-0.15, -0.1) is 0 Å². The number of carbonyl (C=O) groups is 1. The molecule has 0 atom stereocenters. The summed E-state index contributed by atoms with van der Waals surface area (Å²) >= 11 is 1.32. The van der Waals surface area contributed by atoms with Crippen LogP contribution in [0, 0.1) is 0 Å². The molecule has 27 heavy (non-hydrogen) atoms. The van der Waals surface area contributed by atoms with Gasteiger partial charge in [-0.25, -0.2) is 9.78 Å². The van der Waals surface area contributed by atoms with E-state index in [1.165, 1.54) is 36.2 Å². The molecular weight excluding hydrogens is 366 g/mol. The summed E-state index contributed by atoms with van der Waals surface area (Å²) < 4.78 is 4.35. The predicted octanol–water partition coefficient (Wildman–Crippen LogP) is 1.38. The van der Waals surface area contributed by atoms with E-state index in [-0.39, 0.29) is 23.3 Å². The lowest BCUT2D eigenvalue weighted by atomic mass is 10.2. The number of unbranched alkanes of at least 4 members (excludes halogenated alkanes) is 1. The zero-order chi connectivity index (χ0) is 19.6. The number of nitrogens with zero attached hydrogens (tertiary/aromatic N) is 4. The molecule has 2 aromatic heterocycles. The van der Waals surface area contributed by atoms with E-state index in [1.807, 2.05) is 4.57 Å². The summed E-state index contributed by atoms with van der Waals surface area (Å²) in [5.74, 6) is 0.239. The van der Waals surface area contributed by atoms with Gasteiger partial charge < -0.3 is 9.88 Å². The summed E-state index contributed by atoms with van der Waals surface area (Å²) in [7, 11) is 3.09. The molecule has 148 valence electrons. The molecule has 0 aromatic carbocycles. The van der Waals surface area contributed by atoms with Crippen molar-refractivity contribution in [3.05, 3.63) is 20.8 Å². The minimum atomic E-state index is -0.400. The highest BCUT2D eigenvalue weighted by Crippen LogP contribution is 2.23. The molecule has 0 bridgehead atoms. The van der Waals surface area contributed by atoms with Crippen molar-refractivity contribution < 1.29 is 4.79 Å². The van der Waals surface area contributed by atoms with Crippen LogP contribution in [0.2, 0.25) is 0 Å².